The zero-order valence-corrected chi connectivity index (χ0v) is 10.3. The van der Waals surface area contributed by atoms with Crippen molar-refractivity contribution in [3.8, 4) is 5.75 Å². The van der Waals surface area contributed by atoms with E-state index in [1.807, 2.05) is 0 Å². The highest BCUT2D eigenvalue weighted by atomic mass is 16.5. The molecule has 0 aliphatic carbocycles. The van der Waals surface area contributed by atoms with Crippen LogP contribution in [0.2, 0.25) is 0 Å². The lowest BCUT2D eigenvalue weighted by molar-refractivity contribution is 0.0651. The minimum atomic E-state index is -1.28. The molecule has 1 aromatic rings. The van der Waals surface area contributed by atoms with Crippen LogP contribution >= 0.6 is 0 Å². The van der Waals surface area contributed by atoms with Gasteiger partial charge in [0.25, 0.3) is 0 Å². The Morgan fingerprint density at radius 1 is 1.26 bits per heavy atom. The van der Waals surface area contributed by atoms with Gasteiger partial charge in [0.15, 0.2) is 0 Å². The van der Waals surface area contributed by atoms with Crippen molar-refractivity contribution in [3.05, 3.63) is 29.3 Å². The van der Waals surface area contributed by atoms with Crippen molar-refractivity contribution < 1.29 is 24.5 Å². The number of nitrogens with one attached hydrogen (secondary N) is 1. The lowest BCUT2D eigenvalue weighted by atomic mass is 10.1. The fourth-order valence-electron chi connectivity index (χ4n) is 2.07. The lowest BCUT2D eigenvalue weighted by Crippen LogP contribution is -2.28. The first kappa shape index (κ1) is 13.4. The molecule has 6 heteroatoms. The summed E-state index contributed by atoms with van der Waals surface area (Å²) in [5.41, 5.74) is -0.497. The molecule has 0 saturated carbocycles. The van der Waals surface area contributed by atoms with Crippen LogP contribution in [0.15, 0.2) is 18.2 Å². The van der Waals surface area contributed by atoms with Gasteiger partial charge in [-0.2, -0.15) is 0 Å². The average Bonchev–Trinajstić information content (AvgIpc) is 2.88. The highest BCUT2D eigenvalue weighted by molar-refractivity contribution is 6.01. The Balaban J connectivity index is 2.11. The Kier molecular flexibility index (Phi) is 4.01. The van der Waals surface area contributed by atoms with Crippen LogP contribution in [-0.4, -0.2) is 41.3 Å². The first-order valence-corrected chi connectivity index (χ1v) is 6.05. The number of benzene rings is 1. The Bertz CT molecular complexity index is 494. The van der Waals surface area contributed by atoms with Crippen LogP contribution in [0.25, 0.3) is 0 Å². The zero-order valence-electron chi connectivity index (χ0n) is 10.3. The Morgan fingerprint density at radius 2 is 2.00 bits per heavy atom. The molecular weight excluding hydrogens is 250 g/mol. The van der Waals surface area contributed by atoms with Crippen LogP contribution in [0.4, 0.5) is 0 Å². The second-order valence-electron chi connectivity index (χ2n) is 4.42. The maximum absolute atomic E-state index is 11.0. The van der Waals surface area contributed by atoms with Crippen LogP contribution in [-0.2, 0) is 0 Å². The third kappa shape index (κ3) is 3.23. The van der Waals surface area contributed by atoms with E-state index in [2.05, 4.69) is 5.32 Å². The average molecular weight is 265 g/mol. The maximum atomic E-state index is 11.0. The minimum absolute atomic E-state index is 0.237. The second-order valence-corrected chi connectivity index (χ2v) is 4.42. The fraction of sp³-hybridized carbons (Fsp3) is 0.385. The van der Waals surface area contributed by atoms with Gasteiger partial charge in [-0.3, -0.25) is 0 Å². The Morgan fingerprint density at radius 3 is 2.58 bits per heavy atom. The van der Waals surface area contributed by atoms with Crippen molar-refractivity contribution in [2.24, 2.45) is 0 Å². The SMILES string of the molecule is O=C(O)c1ccc(OCC2CCCN2)cc1C(=O)O. The van der Waals surface area contributed by atoms with Gasteiger partial charge < -0.3 is 20.3 Å². The monoisotopic (exact) mass is 265 g/mol. The second kappa shape index (κ2) is 5.71. The molecule has 1 saturated heterocycles. The van der Waals surface area contributed by atoms with Crippen LogP contribution in [0, 0.1) is 0 Å². The molecule has 102 valence electrons. The molecule has 1 fully saturated rings. The van der Waals surface area contributed by atoms with Crippen molar-refractivity contribution in [3.63, 3.8) is 0 Å². The number of rotatable bonds is 5. The van der Waals surface area contributed by atoms with Crippen molar-refractivity contribution >= 4 is 11.9 Å². The van der Waals surface area contributed by atoms with E-state index >= 15 is 0 Å². The molecule has 1 aromatic carbocycles. The normalized spacial score (nSPS) is 18.2. The summed E-state index contributed by atoms with van der Waals surface area (Å²) in [6.07, 6.45) is 2.13. The molecule has 1 heterocycles. The molecule has 6 nitrogen and oxygen atoms in total. The van der Waals surface area contributed by atoms with Crippen molar-refractivity contribution in [2.75, 3.05) is 13.2 Å². The van der Waals surface area contributed by atoms with E-state index < -0.39 is 11.9 Å². The molecular formula is C13H15NO5. The van der Waals surface area contributed by atoms with Crippen LogP contribution in [0.3, 0.4) is 0 Å². The quantitative estimate of drug-likeness (QED) is 0.740. The van der Waals surface area contributed by atoms with E-state index in [9.17, 15) is 9.59 Å². The summed E-state index contributed by atoms with van der Waals surface area (Å²) >= 11 is 0. The van der Waals surface area contributed by atoms with E-state index in [1.54, 1.807) is 0 Å². The fourth-order valence-corrected chi connectivity index (χ4v) is 2.07. The standard InChI is InChI=1S/C13H15NO5/c15-12(16)10-4-3-9(6-11(10)13(17)18)19-7-8-2-1-5-14-8/h3-4,6,8,14H,1-2,5,7H2,(H,15,16)(H,17,18). The third-order valence-electron chi connectivity index (χ3n) is 3.07. The summed E-state index contributed by atoms with van der Waals surface area (Å²) in [6, 6.07) is 4.25. The van der Waals surface area contributed by atoms with E-state index in [0.717, 1.165) is 19.4 Å². The van der Waals surface area contributed by atoms with E-state index in [0.29, 0.717) is 12.4 Å². The number of carbonyl (C=O) groups is 2. The third-order valence-corrected chi connectivity index (χ3v) is 3.07. The van der Waals surface area contributed by atoms with Crippen molar-refractivity contribution in [1.82, 2.24) is 5.32 Å². The number of carboxylic acids is 2. The molecule has 2 rings (SSSR count). The van der Waals surface area contributed by atoms with Crippen molar-refractivity contribution in [2.45, 2.75) is 18.9 Å². The number of ether oxygens (including phenoxy) is 1. The highest BCUT2D eigenvalue weighted by Crippen LogP contribution is 2.19. The van der Waals surface area contributed by atoms with Gasteiger partial charge in [0.05, 0.1) is 11.1 Å². The Hall–Kier alpha value is -2.08. The number of hydrogen-bond donors (Lipinski definition) is 3. The van der Waals surface area contributed by atoms with Crippen LogP contribution in [0.5, 0.6) is 5.75 Å². The lowest BCUT2D eigenvalue weighted by Gasteiger charge is -2.13. The van der Waals surface area contributed by atoms with Gasteiger partial charge in [0, 0.05) is 6.04 Å². The van der Waals surface area contributed by atoms with E-state index in [-0.39, 0.29) is 17.2 Å². The van der Waals surface area contributed by atoms with Gasteiger partial charge in [-0.1, -0.05) is 0 Å². The van der Waals surface area contributed by atoms with E-state index in [4.69, 9.17) is 14.9 Å². The van der Waals surface area contributed by atoms with Gasteiger partial charge in [-0.25, -0.2) is 9.59 Å². The molecule has 0 radical (unpaired) electrons. The molecule has 1 unspecified atom stereocenters. The maximum Gasteiger partial charge on any atom is 0.336 e. The zero-order chi connectivity index (χ0) is 13.8. The number of aromatic carboxylic acids is 2. The first-order chi connectivity index (χ1) is 9.08. The highest BCUT2D eigenvalue weighted by Gasteiger charge is 2.18. The predicted octanol–water partition coefficient (Wildman–Crippen LogP) is 1.21. The summed E-state index contributed by atoms with van der Waals surface area (Å²) in [7, 11) is 0. The molecule has 19 heavy (non-hydrogen) atoms. The number of carboxylic acid groups (broad SMARTS) is 2. The van der Waals surface area contributed by atoms with Gasteiger partial charge in [0.2, 0.25) is 0 Å². The summed E-state index contributed by atoms with van der Waals surface area (Å²) in [5.74, 6) is -2.17. The molecule has 1 aliphatic rings. The first-order valence-electron chi connectivity index (χ1n) is 6.05. The number of hydrogen-bond acceptors (Lipinski definition) is 4. The van der Waals surface area contributed by atoms with Crippen LogP contribution in [0.1, 0.15) is 33.6 Å². The smallest absolute Gasteiger partial charge is 0.336 e. The van der Waals surface area contributed by atoms with Crippen molar-refractivity contribution in [1.29, 1.82) is 0 Å². The van der Waals surface area contributed by atoms with Crippen LogP contribution < -0.4 is 10.1 Å². The van der Waals surface area contributed by atoms with Gasteiger partial charge in [-0.15, -0.1) is 0 Å². The minimum Gasteiger partial charge on any atom is -0.492 e. The molecule has 0 amide bonds. The molecule has 0 spiro atoms. The summed E-state index contributed by atoms with van der Waals surface area (Å²) in [4.78, 5) is 21.9. The van der Waals surface area contributed by atoms with Gasteiger partial charge >= 0.3 is 11.9 Å². The summed E-state index contributed by atoms with van der Waals surface area (Å²) in [6.45, 7) is 1.41. The molecule has 1 atom stereocenters. The molecule has 0 aromatic heterocycles. The Labute approximate surface area is 110 Å². The van der Waals surface area contributed by atoms with Gasteiger partial charge in [-0.05, 0) is 37.6 Å². The molecule has 1 aliphatic heterocycles. The topological polar surface area (TPSA) is 95.9 Å². The largest absolute Gasteiger partial charge is 0.492 e. The predicted molar refractivity (Wildman–Crippen MR) is 66.9 cm³/mol. The summed E-state index contributed by atoms with van der Waals surface area (Å²) in [5, 5.41) is 21.1. The van der Waals surface area contributed by atoms with Gasteiger partial charge in [0.1, 0.15) is 12.4 Å². The molecule has 3 N–H and O–H groups in total. The summed E-state index contributed by atoms with van der Waals surface area (Å²) < 4.78 is 5.50. The molecule has 0 bridgehead atoms. The van der Waals surface area contributed by atoms with E-state index in [1.165, 1.54) is 18.2 Å².